The molecule has 0 aliphatic heterocycles. The monoisotopic (exact) mass is 331 g/mol. The molecule has 1 fully saturated rings. The Balaban J connectivity index is 1.95. The van der Waals surface area contributed by atoms with Crippen LogP contribution in [0.25, 0.3) is 0 Å². The van der Waals surface area contributed by atoms with E-state index in [9.17, 15) is 13.2 Å². The lowest BCUT2D eigenvalue weighted by Crippen LogP contribution is -2.54. The van der Waals surface area contributed by atoms with Gasteiger partial charge in [0.1, 0.15) is 5.75 Å². The first-order valence-corrected chi connectivity index (χ1v) is 7.10. The Hall–Kier alpha value is -1.96. The summed E-state index contributed by atoms with van der Waals surface area (Å²) in [7, 11) is 1.67. The van der Waals surface area contributed by atoms with Gasteiger partial charge in [-0.25, -0.2) is 4.99 Å². The molecule has 2 atom stereocenters. The number of nitrogens with one attached hydrogen (secondary N) is 1. The molecule has 1 saturated carbocycles. The molecule has 8 heteroatoms. The summed E-state index contributed by atoms with van der Waals surface area (Å²) in [5, 5.41) is 2.85. The Morgan fingerprint density at radius 3 is 2.39 bits per heavy atom. The normalized spacial score (nSPS) is 24.0. The van der Waals surface area contributed by atoms with Crippen molar-refractivity contribution in [3.8, 4) is 5.75 Å². The van der Waals surface area contributed by atoms with Gasteiger partial charge in [-0.05, 0) is 30.7 Å². The molecule has 1 aromatic rings. The van der Waals surface area contributed by atoms with Gasteiger partial charge in [0.2, 0.25) is 0 Å². The van der Waals surface area contributed by atoms with E-state index in [1.165, 1.54) is 24.3 Å². The first kappa shape index (κ1) is 17.4. The predicted molar refractivity (Wildman–Crippen MR) is 81.4 cm³/mol. The Kier molecular flexibility index (Phi) is 4.74. The third-order valence-corrected chi connectivity index (χ3v) is 4.07. The van der Waals surface area contributed by atoms with Gasteiger partial charge in [-0.15, -0.1) is 13.2 Å². The Morgan fingerprint density at radius 2 is 1.91 bits per heavy atom. The molecule has 23 heavy (non-hydrogen) atoms. The SMILES string of the molecule is COC1CC(N=C(N)Nc2ccc(OC(F)(F)F)cc2)C1(C)C. The van der Waals surface area contributed by atoms with Gasteiger partial charge in [0.15, 0.2) is 5.96 Å². The van der Waals surface area contributed by atoms with Gasteiger partial charge in [-0.3, -0.25) is 0 Å². The fraction of sp³-hybridized carbons (Fsp3) is 0.533. The number of hydrogen-bond acceptors (Lipinski definition) is 3. The van der Waals surface area contributed by atoms with Crippen LogP contribution >= 0.6 is 0 Å². The van der Waals surface area contributed by atoms with E-state index < -0.39 is 6.36 Å². The first-order valence-electron chi connectivity index (χ1n) is 7.10. The number of ether oxygens (including phenoxy) is 2. The topological polar surface area (TPSA) is 68.9 Å². The molecule has 0 heterocycles. The van der Waals surface area contributed by atoms with Crippen LogP contribution in [-0.2, 0) is 4.74 Å². The summed E-state index contributed by atoms with van der Waals surface area (Å²) in [6.45, 7) is 4.10. The number of aliphatic imine (C=N–C) groups is 1. The number of alkyl halides is 3. The van der Waals surface area contributed by atoms with Gasteiger partial charge in [0, 0.05) is 18.2 Å². The first-order chi connectivity index (χ1) is 10.6. The molecule has 0 amide bonds. The van der Waals surface area contributed by atoms with E-state index in [1.807, 2.05) is 0 Å². The standard InChI is InChI=1S/C15H20F3N3O2/c1-14(2)11(8-12(14)22-3)21-13(19)20-9-4-6-10(7-5-9)23-15(16,17)18/h4-7,11-12H,8H2,1-3H3,(H3,19,20,21). The minimum atomic E-state index is -4.71. The molecule has 0 saturated heterocycles. The Labute approximate surface area is 132 Å². The number of hydrogen-bond donors (Lipinski definition) is 2. The number of guanidine groups is 1. The van der Waals surface area contributed by atoms with Crippen LogP contribution < -0.4 is 15.8 Å². The lowest BCUT2D eigenvalue weighted by molar-refractivity contribution is -0.274. The fourth-order valence-corrected chi connectivity index (χ4v) is 2.57. The number of rotatable bonds is 4. The molecule has 0 bridgehead atoms. The molecule has 0 spiro atoms. The maximum atomic E-state index is 12.1. The number of nitrogens with zero attached hydrogens (tertiary/aromatic N) is 1. The van der Waals surface area contributed by atoms with Crippen LogP contribution in [0.2, 0.25) is 0 Å². The zero-order valence-electron chi connectivity index (χ0n) is 13.1. The number of nitrogens with two attached hydrogens (primary N) is 1. The zero-order valence-corrected chi connectivity index (χ0v) is 13.1. The molecule has 0 aromatic heterocycles. The van der Waals surface area contributed by atoms with Crippen LogP contribution in [0, 0.1) is 5.41 Å². The van der Waals surface area contributed by atoms with Crippen LogP contribution in [0.15, 0.2) is 29.3 Å². The third kappa shape index (κ3) is 4.28. The average Bonchev–Trinajstić information content (AvgIpc) is 2.43. The van der Waals surface area contributed by atoms with Crippen molar-refractivity contribution in [3.63, 3.8) is 0 Å². The molecule has 1 aliphatic carbocycles. The summed E-state index contributed by atoms with van der Waals surface area (Å²) < 4.78 is 45.4. The minimum absolute atomic E-state index is 0.0350. The number of benzene rings is 1. The lowest BCUT2D eigenvalue weighted by Gasteiger charge is -2.48. The van der Waals surface area contributed by atoms with E-state index in [-0.39, 0.29) is 29.3 Å². The highest BCUT2D eigenvalue weighted by molar-refractivity contribution is 5.92. The molecule has 0 radical (unpaired) electrons. The molecular weight excluding hydrogens is 311 g/mol. The minimum Gasteiger partial charge on any atom is -0.406 e. The summed E-state index contributed by atoms with van der Waals surface area (Å²) in [5.41, 5.74) is 6.27. The summed E-state index contributed by atoms with van der Waals surface area (Å²) in [6.07, 6.45) is -3.78. The van der Waals surface area contributed by atoms with Crippen molar-refractivity contribution in [2.24, 2.45) is 16.1 Å². The maximum Gasteiger partial charge on any atom is 0.573 e. The van der Waals surface area contributed by atoms with E-state index in [0.29, 0.717) is 5.69 Å². The average molecular weight is 331 g/mol. The molecule has 1 aliphatic rings. The van der Waals surface area contributed by atoms with E-state index in [2.05, 4.69) is 28.9 Å². The molecule has 2 rings (SSSR count). The smallest absolute Gasteiger partial charge is 0.406 e. The third-order valence-electron chi connectivity index (χ3n) is 4.07. The van der Waals surface area contributed by atoms with Gasteiger partial charge in [0.25, 0.3) is 0 Å². The fourth-order valence-electron chi connectivity index (χ4n) is 2.57. The largest absolute Gasteiger partial charge is 0.573 e. The summed E-state index contributed by atoms with van der Waals surface area (Å²) in [4.78, 5) is 4.40. The van der Waals surface area contributed by atoms with Crippen molar-refractivity contribution in [3.05, 3.63) is 24.3 Å². The van der Waals surface area contributed by atoms with Crippen molar-refractivity contribution >= 4 is 11.6 Å². The van der Waals surface area contributed by atoms with Crippen molar-refractivity contribution in [2.45, 2.75) is 38.8 Å². The molecule has 2 unspecified atom stereocenters. The number of methoxy groups -OCH3 is 1. The van der Waals surface area contributed by atoms with E-state index >= 15 is 0 Å². The van der Waals surface area contributed by atoms with Crippen LogP contribution in [0.1, 0.15) is 20.3 Å². The predicted octanol–water partition coefficient (Wildman–Crippen LogP) is 3.13. The van der Waals surface area contributed by atoms with Crippen molar-refractivity contribution in [1.82, 2.24) is 0 Å². The Morgan fingerprint density at radius 1 is 1.30 bits per heavy atom. The second kappa shape index (κ2) is 6.27. The quantitative estimate of drug-likeness (QED) is 0.657. The van der Waals surface area contributed by atoms with E-state index in [0.717, 1.165) is 6.42 Å². The second-order valence-corrected chi connectivity index (χ2v) is 6.01. The van der Waals surface area contributed by atoms with Gasteiger partial charge < -0.3 is 20.5 Å². The summed E-state index contributed by atoms with van der Waals surface area (Å²) in [5.74, 6) is -0.0799. The van der Waals surface area contributed by atoms with Gasteiger partial charge in [-0.2, -0.15) is 0 Å². The zero-order chi connectivity index (χ0) is 17.3. The lowest BCUT2D eigenvalue weighted by atomic mass is 9.65. The number of halogens is 3. The van der Waals surface area contributed by atoms with Crippen LogP contribution in [0.3, 0.4) is 0 Å². The van der Waals surface area contributed by atoms with Gasteiger partial charge in [-0.1, -0.05) is 13.8 Å². The highest BCUT2D eigenvalue weighted by Crippen LogP contribution is 2.44. The van der Waals surface area contributed by atoms with E-state index in [4.69, 9.17) is 10.5 Å². The highest BCUT2D eigenvalue weighted by Gasteiger charge is 2.48. The van der Waals surface area contributed by atoms with Gasteiger partial charge in [0.05, 0.1) is 12.1 Å². The molecular formula is C15H20F3N3O2. The van der Waals surface area contributed by atoms with Crippen LogP contribution in [-0.4, -0.2) is 31.6 Å². The van der Waals surface area contributed by atoms with Crippen LogP contribution in [0.4, 0.5) is 18.9 Å². The van der Waals surface area contributed by atoms with Crippen LogP contribution in [0.5, 0.6) is 5.75 Å². The number of anilines is 1. The highest BCUT2D eigenvalue weighted by atomic mass is 19.4. The molecule has 1 aromatic carbocycles. The van der Waals surface area contributed by atoms with Crippen molar-refractivity contribution < 1.29 is 22.6 Å². The van der Waals surface area contributed by atoms with Crippen molar-refractivity contribution in [1.29, 1.82) is 0 Å². The van der Waals surface area contributed by atoms with Crippen molar-refractivity contribution in [2.75, 3.05) is 12.4 Å². The second-order valence-electron chi connectivity index (χ2n) is 6.01. The summed E-state index contributed by atoms with van der Waals surface area (Å²) >= 11 is 0. The van der Waals surface area contributed by atoms with Gasteiger partial charge >= 0.3 is 6.36 Å². The maximum absolute atomic E-state index is 12.1. The molecule has 128 valence electrons. The molecule has 3 N–H and O–H groups in total. The summed E-state index contributed by atoms with van der Waals surface area (Å²) in [6, 6.07) is 5.32. The van der Waals surface area contributed by atoms with E-state index in [1.54, 1.807) is 7.11 Å². The Bertz CT molecular complexity index is 570. The molecule has 5 nitrogen and oxygen atoms in total.